The third-order valence-corrected chi connectivity index (χ3v) is 2.46. The fraction of sp³-hybridized carbons (Fsp3) is 0.133. The highest BCUT2D eigenvalue weighted by molar-refractivity contribution is 5.77. The Hall–Kier alpha value is -2.49. The third-order valence-electron chi connectivity index (χ3n) is 2.46. The largest absolute Gasteiger partial charge is 0.479 e. The Morgan fingerprint density at radius 3 is 2.42 bits per heavy atom. The molecule has 2 N–H and O–H groups in total. The Morgan fingerprint density at radius 2 is 1.74 bits per heavy atom. The predicted molar refractivity (Wildman–Crippen MR) is 73.0 cm³/mol. The van der Waals surface area contributed by atoms with Crippen molar-refractivity contribution in [2.75, 3.05) is 5.73 Å². The first-order valence-corrected chi connectivity index (χ1v) is 5.94. The molecule has 19 heavy (non-hydrogen) atoms. The monoisotopic (exact) mass is 257 g/mol. The summed E-state index contributed by atoms with van der Waals surface area (Å²) in [5, 5.41) is 0. The van der Waals surface area contributed by atoms with Gasteiger partial charge in [-0.3, -0.25) is 0 Å². The molecule has 98 valence electrons. The van der Waals surface area contributed by atoms with Gasteiger partial charge in [0.1, 0.15) is 11.5 Å². The first-order valence-electron chi connectivity index (χ1n) is 5.94. The quantitative estimate of drug-likeness (QED) is 0.519. The number of carbonyl (C=O) groups excluding carboxylic acids is 1. The van der Waals surface area contributed by atoms with Crippen LogP contribution in [0.15, 0.2) is 54.6 Å². The van der Waals surface area contributed by atoms with Gasteiger partial charge in [-0.1, -0.05) is 24.3 Å². The topological polar surface area (TPSA) is 61.5 Å². The van der Waals surface area contributed by atoms with E-state index in [-0.39, 0.29) is 0 Å². The molecule has 0 radical (unpaired) electrons. The summed E-state index contributed by atoms with van der Waals surface area (Å²) in [6.07, 6.45) is -0.706. The van der Waals surface area contributed by atoms with Gasteiger partial charge in [-0.05, 0) is 31.2 Å². The van der Waals surface area contributed by atoms with Crippen LogP contribution < -0.4 is 15.2 Å². The van der Waals surface area contributed by atoms with E-state index in [0.29, 0.717) is 17.2 Å². The molecule has 0 spiro atoms. The molecule has 0 aromatic heterocycles. The number of para-hydroxylation sites is 1. The standard InChI is InChI=1S/C15H15NO3/c1-11(18-14-9-5-6-12(16)10-14)15(17)19-13-7-3-2-4-8-13/h2-11H,16H2,1H3. The fourth-order valence-electron chi connectivity index (χ4n) is 1.53. The lowest BCUT2D eigenvalue weighted by Crippen LogP contribution is -2.28. The van der Waals surface area contributed by atoms with Crippen molar-refractivity contribution in [3.05, 3.63) is 54.6 Å². The number of hydrogen-bond acceptors (Lipinski definition) is 4. The summed E-state index contributed by atoms with van der Waals surface area (Å²) in [6, 6.07) is 15.8. The van der Waals surface area contributed by atoms with E-state index in [1.54, 1.807) is 55.5 Å². The number of carbonyl (C=O) groups is 1. The lowest BCUT2D eigenvalue weighted by atomic mass is 10.3. The maximum atomic E-state index is 11.8. The molecule has 2 aromatic rings. The van der Waals surface area contributed by atoms with E-state index in [1.807, 2.05) is 6.07 Å². The van der Waals surface area contributed by atoms with E-state index in [4.69, 9.17) is 15.2 Å². The van der Waals surface area contributed by atoms with Crippen LogP contribution in [0.4, 0.5) is 5.69 Å². The van der Waals surface area contributed by atoms with Crippen molar-refractivity contribution in [1.82, 2.24) is 0 Å². The lowest BCUT2D eigenvalue weighted by Gasteiger charge is -2.14. The molecule has 2 aromatic carbocycles. The molecule has 1 atom stereocenters. The van der Waals surface area contributed by atoms with Gasteiger partial charge >= 0.3 is 5.97 Å². The smallest absolute Gasteiger partial charge is 0.352 e. The first-order chi connectivity index (χ1) is 9.15. The molecule has 0 amide bonds. The van der Waals surface area contributed by atoms with Crippen molar-refractivity contribution in [3.8, 4) is 11.5 Å². The Bertz CT molecular complexity index is 554. The summed E-state index contributed by atoms with van der Waals surface area (Å²) in [4.78, 5) is 11.8. The van der Waals surface area contributed by atoms with Crippen LogP contribution >= 0.6 is 0 Å². The molecular formula is C15H15NO3. The van der Waals surface area contributed by atoms with Crippen molar-refractivity contribution in [2.24, 2.45) is 0 Å². The van der Waals surface area contributed by atoms with Gasteiger partial charge in [0.15, 0.2) is 6.10 Å². The molecule has 0 aliphatic heterocycles. The van der Waals surface area contributed by atoms with Gasteiger partial charge in [0.25, 0.3) is 0 Å². The molecule has 0 heterocycles. The number of esters is 1. The molecule has 1 unspecified atom stereocenters. The number of nitrogens with two attached hydrogens (primary N) is 1. The predicted octanol–water partition coefficient (Wildman–Crippen LogP) is 2.64. The van der Waals surface area contributed by atoms with E-state index >= 15 is 0 Å². The van der Waals surface area contributed by atoms with Crippen molar-refractivity contribution in [3.63, 3.8) is 0 Å². The average molecular weight is 257 g/mol. The highest BCUT2D eigenvalue weighted by Gasteiger charge is 2.17. The minimum absolute atomic E-state index is 0.450. The van der Waals surface area contributed by atoms with Crippen molar-refractivity contribution >= 4 is 11.7 Å². The number of hydrogen-bond donors (Lipinski definition) is 1. The van der Waals surface area contributed by atoms with E-state index < -0.39 is 12.1 Å². The molecule has 0 aliphatic carbocycles. The van der Waals surface area contributed by atoms with Crippen LogP contribution in [0, 0.1) is 0 Å². The Labute approximate surface area is 111 Å². The Morgan fingerprint density at radius 1 is 1.05 bits per heavy atom. The van der Waals surface area contributed by atoms with Gasteiger partial charge in [-0.2, -0.15) is 0 Å². The van der Waals surface area contributed by atoms with E-state index in [9.17, 15) is 4.79 Å². The highest BCUT2D eigenvalue weighted by atomic mass is 16.6. The van der Waals surface area contributed by atoms with Gasteiger partial charge in [-0.15, -0.1) is 0 Å². The maximum Gasteiger partial charge on any atom is 0.352 e. The Balaban J connectivity index is 1.96. The zero-order chi connectivity index (χ0) is 13.7. The molecule has 2 rings (SSSR count). The lowest BCUT2D eigenvalue weighted by molar-refractivity contribution is -0.141. The molecular weight excluding hydrogens is 242 g/mol. The van der Waals surface area contributed by atoms with Crippen molar-refractivity contribution in [2.45, 2.75) is 13.0 Å². The first kappa shape index (κ1) is 13.0. The number of nitrogen functional groups attached to an aromatic ring is 1. The van der Waals surface area contributed by atoms with Gasteiger partial charge < -0.3 is 15.2 Å². The summed E-state index contributed by atoms with van der Waals surface area (Å²) in [5.41, 5.74) is 6.22. The fourth-order valence-corrected chi connectivity index (χ4v) is 1.53. The zero-order valence-electron chi connectivity index (χ0n) is 10.6. The van der Waals surface area contributed by atoms with Gasteiger partial charge in [0.2, 0.25) is 0 Å². The second-order valence-electron chi connectivity index (χ2n) is 4.07. The number of ether oxygens (including phenoxy) is 2. The second-order valence-corrected chi connectivity index (χ2v) is 4.07. The van der Waals surface area contributed by atoms with Crippen LogP contribution in [0.25, 0.3) is 0 Å². The summed E-state index contributed by atoms with van der Waals surface area (Å²) in [6.45, 7) is 1.63. The van der Waals surface area contributed by atoms with E-state index in [2.05, 4.69) is 0 Å². The second kappa shape index (κ2) is 5.91. The minimum atomic E-state index is -0.706. The number of rotatable bonds is 4. The average Bonchev–Trinajstić information content (AvgIpc) is 2.40. The van der Waals surface area contributed by atoms with Crippen molar-refractivity contribution < 1.29 is 14.3 Å². The maximum absolute atomic E-state index is 11.8. The molecule has 0 fully saturated rings. The van der Waals surface area contributed by atoms with E-state index in [0.717, 1.165) is 0 Å². The SMILES string of the molecule is CC(Oc1cccc(N)c1)C(=O)Oc1ccccc1. The van der Waals surface area contributed by atoms with Crippen LogP contribution in [0.2, 0.25) is 0 Å². The van der Waals surface area contributed by atoms with Gasteiger partial charge in [-0.25, -0.2) is 4.79 Å². The van der Waals surface area contributed by atoms with Crippen LogP contribution in [-0.2, 0) is 4.79 Å². The summed E-state index contributed by atoms with van der Waals surface area (Å²) >= 11 is 0. The van der Waals surface area contributed by atoms with Crippen LogP contribution in [0.1, 0.15) is 6.92 Å². The molecule has 0 aliphatic rings. The van der Waals surface area contributed by atoms with Gasteiger partial charge in [0, 0.05) is 11.8 Å². The summed E-state index contributed by atoms with van der Waals surface area (Å²) in [5.74, 6) is 0.585. The van der Waals surface area contributed by atoms with E-state index in [1.165, 1.54) is 0 Å². The normalized spacial score (nSPS) is 11.6. The highest BCUT2D eigenvalue weighted by Crippen LogP contribution is 2.17. The number of benzene rings is 2. The third kappa shape index (κ3) is 3.74. The molecule has 4 nitrogen and oxygen atoms in total. The molecule has 0 saturated carbocycles. The molecule has 0 saturated heterocycles. The van der Waals surface area contributed by atoms with Crippen LogP contribution in [0.5, 0.6) is 11.5 Å². The van der Waals surface area contributed by atoms with Crippen LogP contribution in [0.3, 0.4) is 0 Å². The molecule has 4 heteroatoms. The molecule has 0 bridgehead atoms. The zero-order valence-corrected chi connectivity index (χ0v) is 10.6. The summed E-state index contributed by atoms with van der Waals surface area (Å²) in [7, 11) is 0. The van der Waals surface area contributed by atoms with Gasteiger partial charge in [0.05, 0.1) is 0 Å². The minimum Gasteiger partial charge on any atom is -0.479 e. The van der Waals surface area contributed by atoms with Crippen LogP contribution in [-0.4, -0.2) is 12.1 Å². The Kier molecular flexibility index (Phi) is 4.03. The number of anilines is 1. The van der Waals surface area contributed by atoms with Crippen molar-refractivity contribution in [1.29, 1.82) is 0 Å². The summed E-state index contributed by atoms with van der Waals surface area (Å²) < 4.78 is 10.7.